The van der Waals surface area contributed by atoms with Crippen molar-refractivity contribution in [1.29, 1.82) is 0 Å². The van der Waals surface area contributed by atoms with Crippen molar-refractivity contribution in [3.05, 3.63) is 29.8 Å². The molecular weight excluding hydrogens is 336 g/mol. The van der Waals surface area contributed by atoms with Crippen LogP contribution in [0.2, 0.25) is 0 Å². The molecule has 1 saturated heterocycles. The van der Waals surface area contributed by atoms with Crippen LogP contribution in [-0.4, -0.2) is 51.4 Å². The van der Waals surface area contributed by atoms with Gasteiger partial charge in [-0.15, -0.1) is 0 Å². The van der Waals surface area contributed by atoms with Gasteiger partial charge in [0.25, 0.3) is 0 Å². The Balaban J connectivity index is 1.75. The maximum absolute atomic E-state index is 12.5. The van der Waals surface area contributed by atoms with E-state index >= 15 is 0 Å². The molecule has 0 saturated carbocycles. The fraction of sp³-hybridized carbons (Fsp3) is 0.579. The lowest BCUT2D eigenvalue weighted by atomic mass is 9.79. The third-order valence-corrected chi connectivity index (χ3v) is 4.61. The maximum atomic E-state index is 12.5. The number of carbonyl (C=O) groups is 2. The zero-order valence-electron chi connectivity index (χ0n) is 15.3. The second kappa shape index (κ2) is 10.1. The summed E-state index contributed by atoms with van der Waals surface area (Å²) in [5.74, 6) is 0.231. The van der Waals surface area contributed by atoms with Crippen molar-refractivity contribution in [2.24, 2.45) is 11.1 Å². The zero-order chi connectivity index (χ0) is 18.8. The van der Waals surface area contributed by atoms with Crippen LogP contribution in [0.1, 0.15) is 25.3 Å². The molecule has 7 nitrogen and oxygen atoms in total. The highest BCUT2D eigenvalue weighted by atomic mass is 16.6. The summed E-state index contributed by atoms with van der Waals surface area (Å²) in [6.45, 7) is 4.04. The highest BCUT2D eigenvalue weighted by Crippen LogP contribution is 2.29. The molecule has 0 bridgehead atoms. The standard InChI is InChI=1S/C19H28N2O5/c1-2-25-17(22)13-26-16-5-3-15(4-6-16)7-10-21-18(23)19(14-20)8-11-24-12-9-19/h3-6H,2,7-14,20H2,1H3,(H,21,23). The van der Waals surface area contributed by atoms with E-state index in [1.807, 2.05) is 12.1 Å². The lowest BCUT2D eigenvalue weighted by molar-refractivity contribution is -0.145. The Morgan fingerprint density at radius 3 is 2.54 bits per heavy atom. The van der Waals surface area contributed by atoms with E-state index < -0.39 is 5.41 Å². The van der Waals surface area contributed by atoms with Crippen molar-refractivity contribution in [2.75, 3.05) is 39.5 Å². The molecule has 1 heterocycles. The third kappa shape index (κ3) is 5.71. The van der Waals surface area contributed by atoms with E-state index in [1.54, 1.807) is 19.1 Å². The summed E-state index contributed by atoms with van der Waals surface area (Å²) in [6.07, 6.45) is 2.05. The number of esters is 1. The fourth-order valence-corrected chi connectivity index (χ4v) is 2.89. The molecule has 1 aromatic rings. The molecule has 0 radical (unpaired) electrons. The fourth-order valence-electron chi connectivity index (χ4n) is 2.89. The molecule has 1 aromatic carbocycles. The largest absolute Gasteiger partial charge is 0.482 e. The van der Waals surface area contributed by atoms with E-state index in [-0.39, 0.29) is 18.5 Å². The average Bonchev–Trinajstić information content (AvgIpc) is 2.68. The highest BCUT2D eigenvalue weighted by molar-refractivity contribution is 5.83. The number of benzene rings is 1. The van der Waals surface area contributed by atoms with Crippen LogP contribution in [0.5, 0.6) is 5.75 Å². The Labute approximate surface area is 154 Å². The minimum atomic E-state index is -0.497. The van der Waals surface area contributed by atoms with Gasteiger partial charge in [0, 0.05) is 26.3 Å². The summed E-state index contributed by atoms with van der Waals surface area (Å²) >= 11 is 0. The van der Waals surface area contributed by atoms with Crippen LogP contribution < -0.4 is 15.8 Å². The van der Waals surface area contributed by atoms with Gasteiger partial charge >= 0.3 is 5.97 Å². The maximum Gasteiger partial charge on any atom is 0.344 e. The number of nitrogens with two attached hydrogens (primary N) is 1. The van der Waals surface area contributed by atoms with E-state index in [0.717, 1.165) is 5.56 Å². The third-order valence-electron chi connectivity index (χ3n) is 4.61. The Hall–Kier alpha value is -2.12. The summed E-state index contributed by atoms with van der Waals surface area (Å²) in [5.41, 5.74) is 6.42. The molecule has 0 spiro atoms. The van der Waals surface area contributed by atoms with Crippen LogP contribution in [0, 0.1) is 5.41 Å². The van der Waals surface area contributed by atoms with Crippen LogP contribution in [0.15, 0.2) is 24.3 Å². The summed E-state index contributed by atoms with van der Waals surface area (Å²) in [4.78, 5) is 23.8. The molecule has 144 valence electrons. The van der Waals surface area contributed by atoms with Crippen molar-refractivity contribution in [3.8, 4) is 5.75 Å². The number of rotatable bonds is 9. The number of amides is 1. The van der Waals surface area contributed by atoms with Crippen molar-refractivity contribution in [1.82, 2.24) is 5.32 Å². The van der Waals surface area contributed by atoms with Gasteiger partial charge in [-0.25, -0.2) is 4.79 Å². The van der Waals surface area contributed by atoms with Crippen molar-refractivity contribution in [3.63, 3.8) is 0 Å². The van der Waals surface area contributed by atoms with E-state index in [1.165, 1.54) is 0 Å². The van der Waals surface area contributed by atoms with Crippen LogP contribution in [0.3, 0.4) is 0 Å². The molecule has 0 atom stereocenters. The van der Waals surface area contributed by atoms with Gasteiger partial charge < -0.3 is 25.3 Å². The molecule has 1 aliphatic heterocycles. The normalized spacial score (nSPS) is 15.9. The van der Waals surface area contributed by atoms with Gasteiger partial charge in [0.2, 0.25) is 5.91 Å². The first-order chi connectivity index (χ1) is 12.6. The second-order valence-electron chi connectivity index (χ2n) is 6.34. The predicted octanol–water partition coefficient (Wildman–Crippen LogP) is 1.04. The summed E-state index contributed by atoms with van der Waals surface area (Å²) in [6, 6.07) is 7.44. The first kappa shape index (κ1) is 20.2. The summed E-state index contributed by atoms with van der Waals surface area (Å²) in [5, 5.41) is 2.99. The average molecular weight is 364 g/mol. The number of hydrogen-bond acceptors (Lipinski definition) is 6. The molecule has 1 amide bonds. The van der Waals surface area contributed by atoms with Gasteiger partial charge in [-0.2, -0.15) is 0 Å². The number of nitrogens with one attached hydrogen (secondary N) is 1. The predicted molar refractivity (Wildman–Crippen MR) is 96.8 cm³/mol. The lowest BCUT2D eigenvalue weighted by Gasteiger charge is -2.34. The summed E-state index contributed by atoms with van der Waals surface area (Å²) < 4.78 is 15.5. The number of ether oxygens (including phenoxy) is 3. The minimum Gasteiger partial charge on any atom is -0.482 e. The van der Waals surface area contributed by atoms with E-state index in [9.17, 15) is 9.59 Å². The first-order valence-electron chi connectivity index (χ1n) is 9.03. The van der Waals surface area contributed by atoms with Crippen molar-refractivity contribution >= 4 is 11.9 Å². The molecule has 1 fully saturated rings. The van der Waals surface area contributed by atoms with Gasteiger partial charge in [-0.3, -0.25) is 4.79 Å². The van der Waals surface area contributed by atoms with E-state index in [2.05, 4.69) is 5.32 Å². The highest BCUT2D eigenvalue weighted by Gasteiger charge is 2.38. The Kier molecular flexibility index (Phi) is 7.87. The molecule has 0 aliphatic carbocycles. The quantitative estimate of drug-likeness (QED) is 0.635. The van der Waals surface area contributed by atoms with Gasteiger partial charge in [-0.1, -0.05) is 12.1 Å². The SMILES string of the molecule is CCOC(=O)COc1ccc(CCNC(=O)C2(CN)CCOCC2)cc1. The molecule has 2 rings (SSSR count). The van der Waals surface area contributed by atoms with E-state index in [4.69, 9.17) is 19.9 Å². The Morgan fingerprint density at radius 1 is 1.23 bits per heavy atom. The zero-order valence-corrected chi connectivity index (χ0v) is 15.3. The van der Waals surface area contributed by atoms with Gasteiger partial charge in [0.05, 0.1) is 12.0 Å². The Morgan fingerprint density at radius 2 is 1.92 bits per heavy atom. The van der Waals surface area contributed by atoms with Crippen LogP contribution >= 0.6 is 0 Å². The molecular formula is C19H28N2O5. The first-order valence-corrected chi connectivity index (χ1v) is 9.03. The molecule has 0 unspecified atom stereocenters. The van der Waals surface area contributed by atoms with Crippen molar-refractivity contribution < 1.29 is 23.8 Å². The topological polar surface area (TPSA) is 99.9 Å². The molecule has 3 N–H and O–H groups in total. The number of carbonyl (C=O) groups excluding carboxylic acids is 2. The Bertz CT molecular complexity index is 582. The molecule has 1 aliphatic rings. The number of hydrogen-bond donors (Lipinski definition) is 2. The van der Waals surface area contributed by atoms with E-state index in [0.29, 0.717) is 57.9 Å². The van der Waals surface area contributed by atoms with Crippen molar-refractivity contribution in [2.45, 2.75) is 26.2 Å². The molecule has 0 aromatic heterocycles. The molecule has 26 heavy (non-hydrogen) atoms. The minimum absolute atomic E-state index is 0.0118. The van der Waals surface area contributed by atoms with Gasteiger partial charge in [-0.05, 0) is 43.9 Å². The van der Waals surface area contributed by atoms with Gasteiger partial charge in [0.1, 0.15) is 5.75 Å². The van der Waals surface area contributed by atoms with Crippen LogP contribution in [0.4, 0.5) is 0 Å². The van der Waals surface area contributed by atoms with Crippen LogP contribution in [0.25, 0.3) is 0 Å². The monoisotopic (exact) mass is 364 g/mol. The lowest BCUT2D eigenvalue weighted by Crippen LogP contribution is -2.49. The molecule has 7 heteroatoms. The second-order valence-corrected chi connectivity index (χ2v) is 6.34. The summed E-state index contributed by atoms with van der Waals surface area (Å²) in [7, 11) is 0. The smallest absolute Gasteiger partial charge is 0.344 e. The van der Waals surface area contributed by atoms with Crippen LogP contribution in [-0.2, 0) is 25.5 Å². The van der Waals surface area contributed by atoms with Gasteiger partial charge in [0.15, 0.2) is 6.61 Å².